The smallest absolute Gasteiger partial charge is 0.144 e. The molecule has 3 nitrogen and oxygen atoms in total. The molecule has 0 spiro atoms. The second kappa shape index (κ2) is 5.46. The van der Waals surface area contributed by atoms with Gasteiger partial charge in [0.2, 0.25) is 0 Å². The number of nitrogens with zero attached hydrogens (tertiary/aromatic N) is 1. The van der Waals surface area contributed by atoms with Crippen LogP contribution < -0.4 is 4.74 Å². The molecule has 19 heavy (non-hydrogen) atoms. The fraction of sp³-hybridized carbons (Fsp3) is 0.0714. The topological polar surface area (TPSA) is 53.2 Å². The average molecular weight is 261 g/mol. The van der Waals surface area contributed by atoms with Crippen LogP contribution in [0, 0.1) is 23.0 Å². The largest absolute Gasteiger partial charge is 0.457 e. The summed E-state index contributed by atoms with van der Waals surface area (Å²) in [7, 11) is 0. The summed E-state index contributed by atoms with van der Waals surface area (Å²) in [4.78, 5) is 0. The van der Waals surface area contributed by atoms with Crippen molar-refractivity contribution in [3.63, 3.8) is 0 Å². The Bertz CT molecular complexity index is 650. The summed E-state index contributed by atoms with van der Waals surface area (Å²) >= 11 is 0. The van der Waals surface area contributed by atoms with Crippen LogP contribution in [0.5, 0.6) is 11.5 Å². The van der Waals surface area contributed by atoms with Crippen LogP contribution in [0.1, 0.15) is 11.1 Å². The van der Waals surface area contributed by atoms with E-state index in [1.165, 1.54) is 30.3 Å². The summed E-state index contributed by atoms with van der Waals surface area (Å²) in [5, 5.41) is 17.7. The van der Waals surface area contributed by atoms with Gasteiger partial charge in [-0.15, -0.1) is 0 Å². The van der Waals surface area contributed by atoms with E-state index in [0.717, 1.165) is 6.07 Å². The number of aliphatic hydroxyl groups excluding tert-OH is 1. The van der Waals surface area contributed by atoms with E-state index in [4.69, 9.17) is 15.1 Å². The normalized spacial score (nSPS) is 10.0. The third-order valence-corrected chi connectivity index (χ3v) is 2.52. The molecule has 0 fully saturated rings. The first-order chi connectivity index (χ1) is 9.15. The van der Waals surface area contributed by atoms with Crippen molar-refractivity contribution in [3.8, 4) is 17.6 Å². The highest BCUT2D eigenvalue weighted by Gasteiger charge is 2.10. The third-order valence-electron chi connectivity index (χ3n) is 2.52. The van der Waals surface area contributed by atoms with Crippen LogP contribution in [0.3, 0.4) is 0 Å². The predicted molar refractivity (Wildman–Crippen MR) is 63.5 cm³/mol. The van der Waals surface area contributed by atoms with E-state index >= 15 is 0 Å². The molecule has 0 aromatic heterocycles. The number of benzene rings is 2. The van der Waals surface area contributed by atoms with Crippen molar-refractivity contribution in [2.24, 2.45) is 0 Å². The number of nitriles is 1. The first kappa shape index (κ1) is 13.0. The van der Waals surface area contributed by atoms with E-state index in [1.54, 1.807) is 6.07 Å². The second-order valence-electron chi connectivity index (χ2n) is 3.73. The van der Waals surface area contributed by atoms with Crippen LogP contribution in [0.15, 0.2) is 36.4 Å². The third kappa shape index (κ3) is 2.69. The number of aliphatic hydroxyl groups is 1. The zero-order valence-electron chi connectivity index (χ0n) is 9.73. The zero-order valence-corrected chi connectivity index (χ0v) is 9.73. The van der Waals surface area contributed by atoms with Crippen LogP contribution in [-0.2, 0) is 6.61 Å². The van der Waals surface area contributed by atoms with Gasteiger partial charge in [0.05, 0.1) is 17.7 Å². The van der Waals surface area contributed by atoms with E-state index in [2.05, 4.69) is 0 Å². The molecule has 0 radical (unpaired) electrons. The molecule has 0 aliphatic carbocycles. The maximum Gasteiger partial charge on any atom is 0.144 e. The van der Waals surface area contributed by atoms with Gasteiger partial charge in [-0.2, -0.15) is 5.26 Å². The lowest BCUT2D eigenvalue weighted by molar-refractivity contribution is 0.270. The summed E-state index contributed by atoms with van der Waals surface area (Å²) in [6, 6.07) is 9.46. The highest BCUT2D eigenvalue weighted by Crippen LogP contribution is 2.28. The fourth-order valence-corrected chi connectivity index (χ4v) is 1.56. The molecule has 96 valence electrons. The molecule has 0 saturated carbocycles. The lowest BCUT2D eigenvalue weighted by atomic mass is 10.2. The van der Waals surface area contributed by atoms with Gasteiger partial charge < -0.3 is 9.84 Å². The Morgan fingerprint density at radius 1 is 1.16 bits per heavy atom. The van der Waals surface area contributed by atoms with Gasteiger partial charge in [0.15, 0.2) is 0 Å². The van der Waals surface area contributed by atoms with Crippen LogP contribution in [0.4, 0.5) is 8.78 Å². The van der Waals surface area contributed by atoms with E-state index in [-0.39, 0.29) is 22.6 Å². The van der Waals surface area contributed by atoms with Crippen molar-refractivity contribution >= 4 is 0 Å². The average Bonchev–Trinajstić information content (AvgIpc) is 2.39. The predicted octanol–water partition coefficient (Wildman–Crippen LogP) is 3.12. The Morgan fingerprint density at radius 2 is 1.95 bits per heavy atom. The molecule has 0 bridgehead atoms. The van der Waals surface area contributed by atoms with E-state index in [9.17, 15) is 8.78 Å². The van der Waals surface area contributed by atoms with Crippen molar-refractivity contribution in [3.05, 3.63) is 59.2 Å². The van der Waals surface area contributed by atoms with Crippen LogP contribution >= 0.6 is 0 Å². The minimum atomic E-state index is -0.720. The molecule has 0 saturated heterocycles. The molecular formula is C14H9F2NO2. The van der Waals surface area contributed by atoms with Crippen molar-refractivity contribution in [2.45, 2.75) is 6.61 Å². The van der Waals surface area contributed by atoms with Crippen molar-refractivity contribution < 1.29 is 18.6 Å². The van der Waals surface area contributed by atoms with E-state index in [0.29, 0.717) is 0 Å². The maximum atomic E-state index is 13.4. The van der Waals surface area contributed by atoms with Gasteiger partial charge >= 0.3 is 0 Å². The fourth-order valence-electron chi connectivity index (χ4n) is 1.56. The number of hydrogen-bond donors (Lipinski definition) is 1. The molecule has 0 aliphatic heterocycles. The number of hydrogen-bond acceptors (Lipinski definition) is 3. The Morgan fingerprint density at radius 3 is 2.58 bits per heavy atom. The summed E-state index contributed by atoms with van der Waals surface area (Å²) in [6.07, 6.45) is 0. The van der Waals surface area contributed by atoms with Crippen LogP contribution in [-0.4, -0.2) is 5.11 Å². The lowest BCUT2D eigenvalue weighted by Crippen LogP contribution is -1.96. The summed E-state index contributed by atoms with van der Waals surface area (Å²) in [6.45, 7) is -0.527. The van der Waals surface area contributed by atoms with Crippen molar-refractivity contribution in [2.75, 3.05) is 0 Å². The molecule has 5 heteroatoms. The van der Waals surface area contributed by atoms with Crippen molar-refractivity contribution in [1.29, 1.82) is 5.26 Å². The van der Waals surface area contributed by atoms with E-state index < -0.39 is 18.2 Å². The molecule has 0 aliphatic rings. The van der Waals surface area contributed by atoms with Crippen LogP contribution in [0.2, 0.25) is 0 Å². The van der Waals surface area contributed by atoms with Gasteiger partial charge in [-0.1, -0.05) is 6.07 Å². The molecule has 0 atom stereocenters. The highest BCUT2D eigenvalue weighted by molar-refractivity contribution is 5.41. The monoisotopic (exact) mass is 261 g/mol. The summed E-state index contributed by atoms with van der Waals surface area (Å²) in [5.74, 6) is -1.10. The molecule has 1 N–H and O–H groups in total. The number of halogens is 2. The van der Waals surface area contributed by atoms with Crippen LogP contribution in [0.25, 0.3) is 0 Å². The molecule has 0 heterocycles. The zero-order chi connectivity index (χ0) is 13.8. The number of rotatable bonds is 3. The second-order valence-corrected chi connectivity index (χ2v) is 3.73. The lowest BCUT2D eigenvalue weighted by Gasteiger charge is -2.10. The number of ether oxygens (including phenoxy) is 1. The highest BCUT2D eigenvalue weighted by atomic mass is 19.1. The van der Waals surface area contributed by atoms with Gasteiger partial charge in [-0.3, -0.25) is 0 Å². The molecule has 0 unspecified atom stereocenters. The van der Waals surface area contributed by atoms with Gasteiger partial charge in [0.25, 0.3) is 0 Å². The van der Waals surface area contributed by atoms with Gasteiger partial charge in [-0.25, -0.2) is 8.78 Å². The van der Waals surface area contributed by atoms with Gasteiger partial charge in [0.1, 0.15) is 29.2 Å². The molecule has 0 amide bonds. The van der Waals surface area contributed by atoms with Gasteiger partial charge in [-0.05, 0) is 24.3 Å². The Labute approximate surface area is 108 Å². The Balaban J connectivity index is 2.34. The minimum absolute atomic E-state index is 0.00716. The minimum Gasteiger partial charge on any atom is -0.457 e. The first-order valence-corrected chi connectivity index (χ1v) is 5.41. The Kier molecular flexibility index (Phi) is 3.74. The van der Waals surface area contributed by atoms with Crippen molar-refractivity contribution in [1.82, 2.24) is 0 Å². The standard InChI is InChI=1S/C14H9F2NO2/c15-12-2-1-3-14(11(12)8-18)19-10-5-4-9(7-17)13(16)6-10/h1-6,18H,8H2. The quantitative estimate of drug-likeness (QED) is 0.923. The molecule has 2 rings (SSSR count). The molecular weight excluding hydrogens is 252 g/mol. The summed E-state index contributed by atoms with van der Waals surface area (Å²) in [5.41, 5.74) is -0.110. The SMILES string of the molecule is N#Cc1ccc(Oc2cccc(F)c2CO)cc1F. The summed E-state index contributed by atoms with van der Waals surface area (Å²) < 4.78 is 32.1. The first-order valence-electron chi connectivity index (χ1n) is 5.41. The molecule has 2 aromatic rings. The van der Waals surface area contributed by atoms with E-state index in [1.807, 2.05) is 0 Å². The van der Waals surface area contributed by atoms with Gasteiger partial charge in [0, 0.05) is 6.07 Å². The maximum absolute atomic E-state index is 13.4. The molecule has 2 aromatic carbocycles. The Hall–Kier alpha value is -2.45.